The third-order valence-electron chi connectivity index (χ3n) is 3.80. The second-order valence-electron chi connectivity index (χ2n) is 5.52. The molecule has 126 valence electrons. The van der Waals surface area contributed by atoms with Gasteiger partial charge >= 0.3 is 0 Å². The third kappa shape index (κ3) is 3.25. The Morgan fingerprint density at radius 1 is 1.15 bits per heavy atom. The van der Waals surface area contributed by atoms with Gasteiger partial charge in [0, 0.05) is 20.8 Å². The van der Waals surface area contributed by atoms with Crippen molar-refractivity contribution >= 4 is 57.2 Å². The lowest BCUT2D eigenvalue weighted by atomic mass is 10.1. The van der Waals surface area contributed by atoms with E-state index >= 15 is 0 Å². The van der Waals surface area contributed by atoms with Gasteiger partial charge in [-0.2, -0.15) is 5.26 Å². The maximum Gasteiger partial charge on any atom is 0.154 e. The largest absolute Gasteiger partial charge is 0.454 e. The van der Waals surface area contributed by atoms with Crippen LogP contribution in [0.1, 0.15) is 10.6 Å². The Morgan fingerprint density at radius 2 is 2.00 bits per heavy atom. The molecule has 2 aromatic heterocycles. The molecule has 0 saturated heterocycles. The first kappa shape index (κ1) is 16.9. The molecule has 0 atom stereocenters. The van der Waals surface area contributed by atoms with Crippen molar-refractivity contribution in [1.29, 1.82) is 5.26 Å². The zero-order valence-electron chi connectivity index (χ0n) is 13.2. The number of rotatable bonds is 3. The molecular formula is C20H10Cl2N2OS. The van der Waals surface area contributed by atoms with Crippen molar-refractivity contribution < 1.29 is 4.42 Å². The summed E-state index contributed by atoms with van der Waals surface area (Å²) in [5, 5.41) is 14.1. The van der Waals surface area contributed by atoms with Crippen molar-refractivity contribution in [2.24, 2.45) is 0 Å². The number of aromatic nitrogens is 1. The zero-order chi connectivity index (χ0) is 18.1. The molecular weight excluding hydrogens is 387 g/mol. The quantitative estimate of drug-likeness (QED) is 0.352. The monoisotopic (exact) mass is 396 g/mol. The fourth-order valence-electron chi connectivity index (χ4n) is 2.53. The smallest absolute Gasteiger partial charge is 0.154 e. The fourth-order valence-corrected chi connectivity index (χ4v) is 3.77. The first-order chi connectivity index (χ1) is 12.6. The molecule has 2 heterocycles. The van der Waals surface area contributed by atoms with Gasteiger partial charge in [-0.15, -0.1) is 11.3 Å². The third-order valence-corrected chi connectivity index (χ3v) is 5.23. The SMILES string of the molecule is N#C/C(=C/c1ccc(Cl)cc1Cl)c1nc(-c2cc3ccccc3o2)cs1. The van der Waals surface area contributed by atoms with E-state index in [0.717, 1.165) is 11.0 Å². The number of hydrogen-bond acceptors (Lipinski definition) is 4. The summed E-state index contributed by atoms with van der Waals surface area (Å²) in [5.41, 5.74) is 2.65. The lowest BCUT2D eigenvalue weighted by Crippen LogP contribution is -1.83. The molecule has 0 bridgehead atoms. The minimum absolute atomic E-state index is 0.432. The van der Waals surface area contributed by atoms with Crippen molar-refractivity contribution in [3.05, 3.63) is 74.5 Å². The van der Waals surface area contributed by atoms with Gasteiger partial charge in [-0.1, -0.05) is 47.5 Å². The van der Waals surface area contributed by atoms with E-state index in [-0.39, 0.29) is 0 Å². The lowest BCUT2D eigenvalue weighted by molar-refractivity contribution is 0.629. The molecule has 0 radical (unpaired) electrons. The second-order valence-corrected chi connectivity index (χ2v) is 7.22. The van der Waals surface area contributed by atoms with E-state index in [1.807, 2.05) is 35.7 Å². The summed E-state index contributed by atoms with van der Waals surface area (Å²) in [6.45, 7) is 0. The van der Waals surface area contributed by atoms with Gasteiger partial charge in [0.25, 0.3) is 0 Å². The van der Waals surface area contributed by atoms with E-state index in [0.29, 0.717) is 37.6 Å². The van der Waals surface area contributed by atoms with Crippen LogP contribution in [-0.2, 0) is 0 Å². The Labute approximate surface area is 163 Å². The van der Waals surface area contributed by atoms with Crippen LogP contribution in [0.3, 0.4) is 0 Å². The van der Waals surface area contributed by atoms with Crippen LogP contribution in [0, 0.1) is 11.3 Å². The normalized spacial score (nSPS) is 11.7. The highest BCUT2D eigenvalue weighted by Gasteiger charge is 2.13. The molecule has 4 aromatic rings. The number of benzene rings is 2. The van der Waals surface area contributed by atoms with Crippen LogP contribution in [-0.4, -0.2) is 4.98 Å². The fraction of sp³-hybridized carbons (Fsp3) is 0. The van der Waals surface area contributed by atoms with E-state index in [1.165, 1.54) is 11.3 Å². The highest BCUT2D eigenvalue weighted by molar-refractivity contribution is 7.11. The van der Waals surface area contributed by atoms with Gasteiger partial charge in [-0.25, -0.2) is 4.98 Å². The molecule has 0 unspecified atom stereocenters. The molecule has 0 aliphatic heterocycles. The molecule has 2 aromatic carbocycles. The van der Waals surface area contributed by atoms with Crippen LogP contribution in [0.5, 0.6) is 0 Å². The van der Waals surface area contributed by atoms with Crippen molar-refractivity contribution in [2.45, 2.75) is 0 Å². The average molecular weight is 397 g/mol. The summed E-state index contributed by atoms with van der Waals surface area (Å²) in [6.07, 6.45) is 1.71. The zero-order valence-corrected chi connectivity index (χ0v) is 15.6. The van der Waals surface area contributed by atoms with Gasteiger partial charge in [-0.3, -0.25) is 0 Å². The van der Waals surface area contributed by atoms with Crippen molar-refractivity contribution in [3.8, 4) is 17.5 Å². The Bertz CT molecular complexity index is 1150. The standard InChI is InChI=1S/C20H10Cl2N2OS/c21-15-6-5-12(16(22)9-15)7-14(10-23)20-24-17(11-26-20)19-8-13-3-1-2-4-18(13)25-19/h1-9,11H/b14-7-. The highest BCUT2D eigenvalue weighted by Crippen LogP contribution is 2.32. The summed E-state index contributed by atoms with van der Waals surface area (Å²) in [6, 6.07) is 17.1. The average Bonchev–Trinajstić information content (AvgIpc) is 3.28. The van der Waals surface area contributed by atoms with Crippen molar-refractivity contribution in [2.75, 3.05) is 0 Å². The van der Waals surface area contributed by atoms with Crippen LogP contribution in [0.15, 0.2) is 58.3 Å². The van der Waals surface area contributed by atoms with Gasteiger partial charge in [0.2, 0.25) is 0 Å². The lowest BCUT2D eigenvalue weighted by Gasteiger charge is -2.00. The molecule has 0 fully saturated rings. The molecule has 26 heavy (non-hydrogen) atoms. The van der Waals surface area contributed by atoms with Crippen LogP contribution in [0.4, 0.5) is 0 Å². The molecule has 0 aliphatic carbocycles. The Balaban J connectivity index is 1.71. The molecule has 6 heteroatoms. The van der Waals surface area contributed by atoms with E-state index in [9.17, 15) is 5.26 Å². The van der Waals surface area contributed by atoms with E-state index in [1.54, 1.807) is 24.3 Å². The van der Waals surface area contributed by atoms with Crippen LogP contribution in [0.2, 0.25) is 10.0 Å². The minimum Gasteiger partial charge on any atom is -0.454 e. The summed E-state index contributed by atoms with van der Waals surface area (Å²) >= 11 is 13.5. The molecule has 0 amide bonds. The van der Waals surface area contributed by atoms with E-state index in [4.69, 9.17) is 27.6 Å². The number of nitriles is 1. The van der Waals surface area contributed by atoms with Crippen molar-refractivity contribution in [1.82, 2.24) is 4.98 Å². The van der Waals surface area contributed by atoms with Crippen molar-refractivity contribution in [3.63, 3.8) is 0 Å². The molecule has 0 N–H and O–H groups in total. The topological polar surface area (TPSA) is 49.8 Å². The number of furan rings is 1. The summed E-state index contributed by atoms with van der Waals surface area (Å²) in [7, 11) is 0. The molecule has 0 spiro atoms. The van der Waals surface area contributed by atoms with Gasteiger partial charge in [0.05, 0.1) is 5.57 Å². The summed E-state index contributed by atoms with van der Waals surface area (Å²) in [5.74, 6) is 0.676. The number of halogens is 2. The first-order valence-corrected chi connectivity index (χ1v) is 9.29. The summed E-state index contributed by atoms with van der Waals surface area (Å²) in [4.78, 5) is 4.56. The maximum atomic E-state index is 9.54. The Kier molecular flexibility index (Phi) is 4.52. The van der Waals surface area contributed by atoms with Crippen LogP contribution < -0.4 is 0 Å². The van der Waals surface area contributed by atoms with E-state index in [2.05, 4.69) is 11.1 Å². The summed E-state index contributed by atoms with van der Waals surface area (Å²) < 4.78 is 5.84. The van der Waals surface area contributed by atoms with E-state index < -0.39 is 0 Å². The van der Waals surface area contributed by atoms with Crippen LogP contribution in [0.25, 0.3) is 34.1 Å². The van der Waals surface area contributed by atoms with Gasteiger partial charge in [0.1, 0.15) is 22.4 Å². The molecule has 0 aliphatic rings. The minimum atomic E-state index is 0.432. The van der Waals surface area contributed by atoms with Gasteiger partial charge in [0.15, 0.2) is 5.76 Å². The Morgan fingerprint density at radius 3 is 2.77 bits per heavy atom. The van der Waals surface area contributed by atoms with Gasteiger partial charge < -0.3 is 4.42 Å². The number of nitrogens with zero attached hydrogens (tertiary/aromatic N) is 2. The number of thiazole rings is 1. The highest BCUT2D eigenvalue weighted by atomic mass is 35.5. The van der Waals surface area contributed by atoms with Crippen LogP contribution >= 0.6 is 34.5 Å². The molecule has 4 rings (SSSR count). The predicted octanol–water partition coefficient (Wildman–Crippen LogP) is 6.93. The first-order valence-electron chi connectivity index (χ1n) is 7.66. The number of fused-ring (bicyclic) bond motifs is 1. The number of para-hydroxylation sites is 1. The predicted molar refractivity (Wildman–Crippen MR) is 107 cm³/mol. The molecule has 0 saturated carbocycles. The number of hydrogen-bond donors (Lipinski definition) is 0. The molecule has 3 nitrogen and oxygen atoms in total. The number of allylic oxidation sites excluding steroid dienone is 1. The van der Waals surface area contributed by atoms with Gasteiger partial charge in [-0.05, 0) is 35.9 Å². The maximum absolute atomic E-state index is 9.54. The second kappa shape index (κ2) is 6.97. The Hall–Kier alpha value is -2.58.